The molecule has 0 aliphatic heterocycles. The molecule has 0 N–H and O–H groups in total. The highest BCUT2D eigenvalue weighted by Crippen LogP contribution is 2.26. The molecule has 0 saturated carbocycles. The van der Waals surface area contributed by atoms with Crippen LogP contribution in [0.3, 0.4) is 0 Å². The van der Waals surface area contributed by atoms with E-state index >= 15 is 0 Å². The molecule has 0 spiro atoms. The minimum atomic E-state index is -0.225. The molecule has 2 aromatic rings. The van der Waals surface area contributed by atoms with E-state index in [9.17, 15) is 4.39 Å². The number of hydrogen-bond acceptors (Lipinski definition) is 2. The molecule has 1 heterocycles. The molecule has 1 radical (unpaired) electrons. The second-order valence-electron chi connectivity index (χ2n) is 3.03. The summed E-state index contributed by atoms with van der Waals surface area (Å²) in [6.07, 6.45) is 0. The van der Waals surface area contributed by atoms with Crippen molar-refractivity contribution in [2.75, 3.05) is 0 Å². The molecule has 3 heteroatoms. The van der Waals surface area contributed by atoms with Gasteiger partial charge in [0.2, 0.25) is 0 Å². The van der Waals surface area contributed by atoms with Gasteiger partial charge in [-0.1, -0.05) is 0 Å². The van der Waals surface area contributed by atoms with Crippen LogP contribution in [0.15, 0.2) is 24.3 Å². The van der Waals surface area contributed by atoms with E-state index < -0.39 is 0 Å². The number of thiazole rings is 1. The van der Waals surface area contributed by atoms with Crippen molar-refractivity contribution in [3.05, 3.63) is 47.6 Å². The summed E-state index contributed by atoms with van der Waals surface area (Å²) >= 11 is 1.58. The summed E-state index contributed by atoms with van der Waals surface area (Å²) in [5.41, 5.74) is 1.74. The first kappa shape index (κ1) is 9.34. The molecule has 0 saturated heterocycles. The van der Waals surface area contributed by atoms with Crippen LogP contribution < -0.4 is 0 Å². The standard InChI is InChI=1S/C11H9FNS/c1-7-8(2)14-11(13-7)9-3-5-10(12)6-4-9/h3-6H,1H2,2H3. The van der Waals surface area contributed by atoms with Gasteiger partial charge < -0.3 is 0 Å². The van der Waals surface area contributed by atoms with E-state index in [4.69, 9.17) is 0 Å². The van der Waals surface area contributed by atoms with Gasteiger partial charge in [-0.05, 0) is 38.1 Å². The topological polar surface area (TPSA) is 12.9 Å². The van der Waals surface area contributed by atoms with E-state index in [0.717, 1.165) is 21.1 Å². The summed E-state index contributed by atoms with van der Waals surface area (Å²) < 4.78 is 12.7. The predicted octanol–water partition coefficient (Wildman–Crippen LogP) is 3.44. The molecule has 1 nitrogen and oxygen atoms in total. The van der Waals surface area contributed by atoms with Crippen molar-refractivity contribution in [2.45, 2.75) is 6.92 Å². The van der Waals surface area contributed by atoms with Crippen molar-refractivity contribution in [3.8, 4) is 10.6 Å². The van der Waals surface area contributed by atoms with E-state index in [2.05, 4.69) is 11.9 Å². The van der Waals surface area contributed by atoms with Gasteiger partial charge in [0.15, 0.2) is 0 Å². The van der Waals surface area contributed by atoms with Crippen LogP contribution in [0.5, 0.6) is 0 Å². The maximum atomic E-state index is 12.7. The first-order chi connectivity index (χ1) is 6.66. The van der Waals surface area contributed by atoms with Gasteiger partial charge in [0.1, 0.15) is 10.8 Å². The second-order valence-corrected chi connectivity index (χ2v) is 4.23. The molecule has 0 atom stereocenters. The van der Waals surface area contributed by atoms with Gasteiger partial charge in [0.05, 0.1) is 5.69 Å². The summed E-state index contributed by atoms with van der Waals surface area (Å²) in [6.45, 7) is 5.79. The average Bonchev–Trinajstić information content (AvgIpc) is 2.48. The molecule has 0 bridgehead atoms. The summed E-state index contributed by atoms with van der Waals surface area (Å²) in [5.74, 6) is -0.225. The van der Waals surface area contributed by atoms with Gasteiger partial charge in [0.25, 0.3) is 0 Å². The fraction of sp³-hybridized carbons (Fsp3) is 0.0909. The van der Waals surface area contributed by atoms with Gasteiger partial charge in [-0.2, -0.15) is 0 Å². The van der Waals surface area contributed by atoms with Gasteiger partial charge in [-0.25, -0.2) is 9.37 Å². The lowest BCUT2D eigenvalue weighted by molar-refractivity contribution is 0.628. The number of aromatic nitrogens is 1. The third-order valence-corrected chi connectivity index (χ3v) is 3.05. The van der Waals surface area contributed by atoms with E-state index in [0.29, 0.717) is 0 Å². The predicted molar refractivity (Wildman–Crippen MR) is 56.7 cm³/mol. The highest BCUT2D eigenvalue weighted by atomic mass is 32.1. The van der Waals surface area contributed by atoms with Gasteiger partial charge in [-0.15, -0.1) is 11.3 Å². The second kappa shape index (κ2) is 3.50. The Labute approximate surface area is 86.2 Å². The minimum absolute atomic E-state index is 0.225. The first-order valence-electron chi connectivity index (χ1n) is 4.22. The lowest BCUT2D eigenvalue weighted by Gasteiger charge is -1.94. The van der Waals surface area contributed by atoms with Crippen LogP contribution in [0.1, 0.15) is 10.6 Å². The van der Waals surface area contributed by atoms with Crippen LogP contribution in [0.4, 0.5) is 4.39 Å². The Bertz CT molecular complexity index is 425. The van der Waals surface area contributed by atoms with Crippen LogP contribution in [-0.2, 0) is 0 Å². The van der Waals surface area contributed by atoms with Gasteiger partial charge >= 0.3 is 0 Å². The maximum absolute atomic E-state index is 12.7. The highest BCUT2D eigenvalue weighted by Gasteiger charge is 2.05. The van der Waals surface area contributed by atoms with Crippen LogP contribution in [0, 0.1) is 19.7 Å². The number of benzene rings is 1. The molecule has 2 rings (SSSR count). The van der Waals surface area contributed by atoms with Crippen molar-refractivity contribution in [1.29, 1.82) is 0 Å². The van der Waals surface area contributed by atoms with Gasteiger partial charge in [-0.3, -0.25) is 0 Å². The van der Waals surface area contributed by atoms with Gasteiger partial charge in [0, 0.05) is 10.4 Å². The lowest BCUT2D eigenvalue weighted by atomic mass is 10.2. The van der Waals surface area contributed by atoms with Crippen molar-refractivity contribution in [1.82, 2.24) is 4.98 Å². The maximum Gasteiger partial charge on any atom is 0.123 e. The number of aryl methyl sites for hydroxylation is 1. The molecule has 71 valence electrons. The van der Waals surface area contributed by atoms with Crippen molar-refractivity contribution in [2.24, 2.45) is 0 Å². The first-order valence-corrected chi connectivity index (χ1v) is 5.04. The summed E-state index contributed by atoms with van der Waals surface area (Å²) in [6, 6.07) is 6.34. The molecule has 0 unspecified atom stereocenters. The third-order valence-electron chi connectivity index (χ3n) is 1.98. The Balaban J connectivity index is 2.44. The SMILES string of the molecule is [CH2]c1nc(-c2ccc(F)cc2)sc1C. The van der Waals surface area contributed by atoms with Crippen LogP contribution in [0.2, 0.25) is 0 Å². The summed E-state index contributed by atoms with van der Waals surface area (Å²) in [4.78, 5) is 5.40. The molecule has 14 heavy (non-hydrogen) atoms. The third kappa shape index (κ3) is 1.68. The summed E-state index contributed by atoms with van der Waals surface area (Å²) in [5, 5.41) is 0.896. The molecular weight excluding hydrogens is 197 g/mol. The van der Waals surface area contributed by atoms with Crippen LogP contribution >= 0.6 is 11.3 Å². The quantitative estimate of drug-likeness (QED) is 0.696. The Morgan fingerprint density at radius 3 is 2.43 bits per heavy atom. The molecule has 0 aliphatic carbocycles. The van der Waals surface area contributed by atoms with Crippen molar-refractivity contribution >= 4 is 11.3 Å². The molecule has 0 fully saturated rings. The Morgan fingerprint density at radius 2 is 1.93 bits per heavy atom. The molecule has 1 aromatic heterocycles. The van der Waals surface area contributed by atoms with E-state index in [1.807, 2.05) is 6.92 Å². The van der Waals surface area contributed by atoms with Crippen LogP contribution in [0.25, 0.3) is 10.6 Å². The molecule has 0 amide bonds. The minimum Gasteiger partial charge on any atom is -0.241 e. The zero-order valence-corrected chi connectivity index (χ0v) is 8.57. The number of nitrogens with zero attached hydrogens (tertiary/aromatic N) is 1. The average molecular weight is 206 g/mol. The van der Waals surface area contributed by atoms with Crippen molar-refractivity contribution < 1.29 is 4.39 Å². The van der Waals surface area contributed by atoms with E-state index in [-0.39, 0.29) is 5.82 Å². The zero-order chi connectivity index (χ0) is 10.1. The summed E-state index contributed by atoms with van der Waals surface area (Å²) in [7, 11) is 0. The normalized spacial score (nSPS) is 10.5. The molecular formula is C11H9FNS. The molecule has 0 aliphatic rings. The van der Waals surface area contributed by atoms with E-state index in [1.54, 1.807) is 23.5 Å². The fourth-order valence-electron chi connectivity index (χ4n) is 1.14. The fourth-order valence-corrected chi connectivity index (χ4v) is 2.01. The largest absolute Gasteiger partial charge is 0.241 e. The van der Waals surface area contributed by atoms with Crippen LogP contribution in [-0.4, -0.2) is 4.98 Å². The Kier molecular flexibility index (Phi) is 2.33. The Morgan fingerprint density at radius 1 is 1.29 bits per heavy atom. The number of hydrogen-bond donors (Lipinski definition) is 0. The van der Waals surface area contributed by atoms with E-state index in [1.165, 1.54) is 12.1 Å². The molecule has 1 aromatic carbocycles. The van der Waals surface area contributed by atoms with Crippen molar-refractivity contribution in [3.63, 3.8) is 0 Å². The Hall–Kier alpha value is -1.22. The zero-order valence-electron chi connectivity index (χ0n) is 7.75. The number of rotatable bonds is 1. The monoisotopic (exact) mass is 206 g/mol. The highest BCUT2D eigenvalue weighted by molar-refractivity contribution is 7.15. The number of halogens is 1. The lowest BCUT2D eigenvalue weighted by Crippen LogP contribution is -1.78. The smallest absolute Gasteiger partial charge is 0.123 e.